The molecule has 0 aliphatic heterocycles. The minimum atomic E-state index is 0. The lowest BCUT2D eigenvalue weighted by Crippen LogP contribution is -2.43. The van der Waals surface area contributed by atoms with Gasteiger partial charge in [-0.25, -0.2) is 0 Å². The molecule has 0 heterocycles. The van der Waals surface area contributed by atoms with E-state index in [1.807, 2.05) is 6.08 Å². The molecule has 1 unspecified atom stereocenters. The Labute approximate surface area is 134 Å². The van der Waals surface area contributed by atoms with E-state index < -0.39 is 0 Å². The Balaban J connectivity index is 0. The van der Waals surface area contributed by atoms with E-state index >= 15 is 0 Å². The van der Waals surface area contributed by atoms with Gasteiger partial charge in [-0.15, -0.1) is 19.0 Å². The normalized spacial score (nSPS) is 12.8. The summed E-state index contributed by atoms with van der Waals surface area (Å²) in [6, 6.07) is 0.411. The molecule has 1 atom stereocenters. The third-order valence-corrected chi connectivity index (χ3v) is 3.88. The van der Waals surface area contributed by atoms with Gasteiger partial charge in [0.25, 0.3) is 0 Å². The van der Waals surface area contributed by atoms with Crippen molar-refractivity contribution in [3.8, 4) is 0 Å². The van der Waals surface area contributed by atoms with Crippen LogP contribution in [0.25, 0.3) is 0 Å². The average molecular weight is 304 g/mol. The van der Waals surface area contributed by atoms with Crippen LogP contribution in [-0.4, -0.2) is 11.6 Å². The van der Waals surface area contributed by atoms with Crippen LogP contribution in [0, 0.1) is 0 Å². The highest BCUT2D eigenvalue weighted by molar-refractivity contribution is 5.85. The third kappa shape index (κ3) is 14.4. The molecule has 2 heteroatoms. The van der Waals surface area contributed by atoms with Crippen LogP contribution in [0.2, 0.25) is 0 Å². The maximum Gasteiger partial charge on any atom is 0.0224 e. The zero-order chi connectivity index (χ0) is 14.6. The lowest BCUT2D eigenvalue weighted by molar-refractivity contribution is 0.332. The van der Waals surface area contributed by atoms with Crippen LogP contribution in [0.3, 0.4) is 0 Å². The van der Waals surface area contributed by atoms with Gasteiger partial charge in [-0.1, -0.05) is 70.8 Å². The van der Waals surface area contributed by atoms with Crippen molar-refractivity contribution >= 4 is 12.4 Å². The van der Waals surface area contributed by atoms with Crippen molar-refractivity contribution in [3.05, 3.63) is 12.7 Å². The molecule has 1 N–H and O–H groups in total. The fourth-order valence-electron chi connectivity index (χ4n) is 2.63. The highest BCUT2D eigenvalue weighted by Gasteiger charge is 2.17. The smallest absolute Gasteiger partial charge is 0.0224 e. The van der Waals surface area contributed by atoms with Crippen LogP contribution in [0.4, 0.5) is 0 Å². The van der Waals surface area contributed by atoms with Gasteiger partial charge in [0.05, 0.1) is 0 Å². The first-order valence-corrected chi connectivity index (χ1v) is 8.42. The van der Waals surface area contributed by atoms with E-state index in [9.17, 15) is 0 Å². The Morgan fingerprint density at radius 3 is 1.85 bits per heavy atom. The molecule has 122 valence electrons. The van der Waals surface area contributed by atoms with Crippen molar-refractivity contribution in [1.82, 2.24) is 5.32 Å². The molecule has 0 fully saturated rings. The zero-order valence-electron chi connectivity index (χ0n) is 14.3. The van der Waals surface area contributed by atoms with Gasteiger partial charge in [0.1, 0.15) is 0 Å². The topological polar surface area (TPSA) is 12.0 Å². The van der Waals surface area contributed by atoms with Crippen LogP contribution >= 0.6 is 12.4 Å². The van der Waals surface area contributed by atoms with E-state index in [1.165, 1.54) is 64.2 Å². The van der Waals surface area contributed by atoms with Gasteiger partial charge in [0, 0.05) is 11.6 Å². The fourth-order valence-corrected chi connectivity index (χ4v) is 2.63. The van der Waals surface area contributed by atoms with E-state index in [1.54, 1.807) is 0 Å². The standard InChI is InChI=1S/C18H37N.ClH/c1-6-8-9-10-11-12-13-14-15-16-18(4,5)19-17(3)7-2;/h7,17,19H,2,6,8-16H2,1,3-5H3;1H. The van der Waals surface area contributed by atoms with E-state index in [2.05, 4.69) is 39.6 Å². The number of hydrogen-bond acceptors (Lipinski definition) is 1. The lowest BCUT2D eigenvalue weighted by atomic mass is 9.95. The number of rotatable bonds is 13. The molecule has 0 aromatic rings. The van der Waals surface area contributed by atoms with Gasteiger partial charge in [0.15, 0.2) is 0 Å². The van der Waals surface area contributed by atoms with Crippen molar-refractivity contribution < 1.29 is 0 Å². The largest absolute Gasteiger partial charge is 0.306 e. The molecule has 0 spiro atoms. The molecular formula is C18H38ClN. The summed E-state index contributed by atoms with van der Waals surface area (Å²) in [4.78, 5) is 0. The predicted octanol–water partition coefficient (Wildman–Crippen LogP) is 6.27. The van der Waals surface area contributed by atoms with Gasteiger partial charge in [-0.3, -0.25) is 0 Å². The van der Waals surface area contributed by atoms with Crippen molar-refractivity contribution in [2.45, 2.75) is 103 Å². The first-order chi connectivity index (χ1) is 9.02. The monoisotopic (exact) mass is 303 g/mol. The lowest BCUT2D eigenvalue weighted by Gasteiger charge is -2.29. The second-order valence-corrected chi connectivity index (χ2v) is 6.63. The summed E-state index contributed by atoms with van der Waals surface area (Å²) in [6.45, 7) is 12.9. The summed E-state index contributed by atoms with van der Waals surface area (Å²) < 4.78 is 0. The van der Waals surface area contributed by atoms with Gasteiger partial charge in [-0.2, -0.15) is 0 Å². The summed E-state index contributed by atoms with van der Waals surface area (Å²) in [5.41, 5.74) is 0.245. The second kappa shape index (κ2) is 13.9. The fraction of sp³-hybridized carbons (Fsp3) is 0.889. The Morgan fingerprint density at radius 2 is 1.40 bits per heavy atom. The Kier molecular flexibility index (Phi) is 15.5. The molecule has 0 amide bonds. The number of hydrogen-bond donors (Lipinski definition) is 1. The van der Waals surface area contributed by atoms with E-state index in [0.717, 1.165) is 0 Å². The van der Waals surface area contributed by atoms with E-state index in [-0.39, 0.29) is 17.9 Å². The first kappa shape index (κ1) is 22.3. The van der Waals surface area contributed by atoms with Crippen molar-refractivity contribution in [2.75, 3.05) is 0 Å². The first-order valence-electron chi connectivity index (χ1n) is 8.42. The molecule has 0 bridgehead atoms. The molecular weight excluding hydrogens is 266 g/mol. The predicted molar refractivity (Wildman–Crippen MR) is 96.0 cm³/mol. The van der Waals surface area contributed by atoms with Crippen LogP contribution in [0.15, 0.2) is 12.7 Å². The number of halogens is 1. The van der Waals surface area contributed by atoms with Crippen molar-refractivity contribution in [2.24, 2.45) is 0 Å². The molecule has 1 nitrogen and oxygen atoms in total. The summed E-state index contributed by atoms with van der Waals surface area (Å²) in [7, 11) is 0. The Morgan fingerprint density at radius 1 is 0.950 bits per heavy atom. The van der Waals surface area contributed by atoms with Gasteiger partial charge >= 0.3 is 0 Å². The molecule has 0 rings (SSSR count). The van der Waals surface area contributed by atoms with Crippen LogP contribution in [-0.2, 0) is 0 Å². The summed E-state index contributed by atoms with van der Waals surface area (Å²) >= 11 is 0. The molecule has 0 aromatic heterocycles. The minimum absolute atomic E-state index is 0. The third-order valence-electron chi connectivity index (χ3n) is 3.88. The zero-order valence-corrected chi connectivity index (χ0v) is 15.2. The van der Waals surface area contributed by atoms with E-state index in [0.29, 0.717) is 6.04 Å². The number of nitrogens with one attached hydrogen (secondary N) is 1. The van der Waals surface area contributed by atoms with Crippen LogP contribution in [0.5, 0.6) is 0 Å². The molecule has 0 aliphatic carbocycles. The highest BCUT2D eigenvalue weighted by atomic mass is 35.5. The maximum absolute atomic E-state index is 3.83. The van der Waals surface area contributed by atoms with Crippen LogP contribution < -0.4 is 5.32 Å². The van der Waals surface area contributed by atoms with Gasteiger partial charge in [0.2, 0.25) is 0 Å². The summed E-state index contributed by atoms with van der Waals surface area (Å²) in [5.74, 6) is 0. The molecule has 0 aliphatic rings. The molecule has 0 radical (unpaired) electrons. The van der Waals surface area contributed by atoms with Crippen LogP contribution in [0.1, 0.15) is 91.9 Å². The quantitative estimate of drug-likeness (QED) is 0.312. The Bertz CT molecular complexity index is 213. The van der Waals surface area contributed by atoms with Gasteiger partial charge < -0.3 is 5.32 Å². The van der Waals surface area contributed by atoms with Crippen molar-refractivity contribution in [3.63, 3.8) is 0 Å². The maximum atomic E-state index is 3.83. The molecule has 0 saturated carbocycles. The second-order valence-electron chi connectivity index (χ2n) is 6.63. The Hall–Kier alpha value is -0.0100. The minimum Gasteiger partial charge on any atom is -0.306 e. The van der Waals surface area contributed by atoms with Gasteiger partial charge in [-0.05, 0) is 27.2 Å². The van der Waals surface area contributed by atoms with E-state index in [4.69, 9.17) is 0 Å². The number of unbranched alkanes of at least 4 members (excludes halogenated alkanes) is 8. The summed E-state index contributed by atoms with van der Waals surface area (Å²) in [6.07, 6.45) is 15.9. The highest BCUT2D eigenvalue weighted by Crippen LogP contribution is 2.17. The molecule has 20 heavy (non-hydrogen) atoms. The SMILES string of the molecule is C=CC(C)NC(C)(C)CCCCCCCCCCC.Cl. The van der Waals surface area contributed by atoms with Crippen molar-refractivity contribution in [1.29, 1.82) is 0 Å². The molecule has 0 saturated heterocycles. The average Bonchev–Trinajstić information content (AvgIpc) is 2.36. The molecule has 0 aromatic carbocycles. The summed E-state index contributed by atoms with van der Waals surface area (Å²) in [5, 5.41) is 3.61.